The Morgan fingerprint density at radius 2 is 2.45 bits per heavy atom. The van der Waals surface area contributed by atoms with Gasteiger partial charge in [0.05, 0.1) is 30.3 Å². The van der Waals surface area contributed by atoms with Crippen LogP contribution in [0.5, 0.6) is 0 Å². The lowest BCUT2D eigenvalue weighted by Gasteiger charge is -2.09. The molecule has 2 aromatic rings. The van der Waals surface area contributed by atoms with Crippen molar-refractivity contribution < 1.29 is 9.63 Å². The lowest BCUT2D eigenvalue weighted by atomic mass is 10.1. The molecule has 0 unspecified atom stereocenters. The van der Waals surface area contributed by atoms with E-state index in [1.165, 1.54) is 0 Å². The molecule has 0 aromatic carbocycles. The lowest BCUT2D eigenvalue weighted by Crippen LogP contribution is -2.34. The van der Waals surface area contributed by atoms with Crippen molar-refractivity contribution in [1.29, 1.82) is 0 Å². The summed E-state index contributed by atoms with van der Waals surface area (Å²) < 4.78 is 1.89. The summed E-state index contributed by atoms with van der Waals surface area (Å²) in [6, 6.07) is 0. The third-order valence-corrected chi connectivity index (χ3v) is 3.27. The van der Waals surface area contributed by atoms with E-state index in [9.17, 15) is 4.79 Å². The minimum atomic E-state index is -0.509. The van der Waals surface area contributed by atoms with Gasteiger partial charge in [0.25, 0.3) is 5.91 Å². The molecule has 0 radical (unpaired) electrons. The van der Waals surface area contributed by atoms with Crippen LogP contribution in [0.25, 0.3) is 5.65 Å². The highest BCUT2D eigenvalue weighted by Gasteiger charge is 2.27. The second-order valence-corrected chi connectivity index (χ2v) is 4.58. The van der Waals surface area contributed by atoms with Crippen molar-refractivity contribution in [3.05, 3.63) is 30.5 Å². The van der Waals surface area contributed by atoms with Crippen LogP contribution < -0.4 is 5.32 Å². The number of oxime groups is 1. The van der Waals surface area contributed by atoms with Gasteiger partial charge >= 0.3 is 0 Å². The number of hydrogen-bond acceptors (Lipinski definition) is 5. The van der Waals surface area contributed by atoms with Gasteiger partial charge in [-0.25, -0.2) is 4.98 Å². The summed E-state index contributed by atoms with van der Waals surface area (Å²) in [7, 11) is 0. The standard InChI is InChI=1S/C13H15N5O2/c1-2-9-5-11(20-17-9)13(19)16-7-10-6-15-12-8-14-3-4-18(10)12/h3-4,6,8,11H,2,5,7H2,1H3,(H,16,19)/t11-/m0/s1. The Labute approximate surface area is 115 Å². The molecule has 0 aliphatic carbocycles. The van der Waals surface area contributed by atoms with Crippen LogP contribution in [-0.2, 0) is 16.2 Å². The van der Waals surface area contributed by atoms with Crippen molar-refractivity contribution in [2.45, 2.75) is 32.4 Å². The minimum absolute atomic E-state index is 0.152. The van der Waals surface area contributed by atoms with Crippen molar-refractivity contribution >= 4 is 17.3 Å². The molecule has 1 aliphatic heterocycles. The quantitative estimate of drug-likeness (QED) is 0.897. The number of aromatic nitrogens is 3. The normalized spacial score (nSPS) is 17.9. The summed E-state index contributed by atoms with van der Waals surface area (Å²) >= 11 is 0. The summed E-state index contributed by atoms with van der Waals surface area (Å²) in [5, 5.41) is 6.73. The van der Waals surface area contributed by atoms with Gasteiger partial charge < -0.3 is 10.2 Å². The zero-order chi connectivity index (χ0) is 13.9. The molecule has 1 N–H and O–H groups in total. The molecule has 2 aromatic heterocycles. The summed E-state index contributed by atoms with van der Waals surface area (Å²) in [6.07, 6.45) is 7.76. The molecule has 0 saturated carbocycles. The second kappa shape index (κ2) is 5.28. The SMILES string of the molecule is CCC1=NO[C@H](C(=O)NCc2cnc3cnccn23)C1. The van der Waals surface area contributed by atoms with E-state index in [1.807, 2.05) is 17.5 Å². The van der Waals surface area contributed by atoms with Crippen LogP contribution in [0.15, 0.2) is 29.9 Å². The van der Waals surface area contributed by atoms with Crippen molar-refractivity contribution in [3.63, 3.8) is 0 Å². The Morgan fingerprint density at radius 3 is 3.25 bits per heavy atom. The van der Waals surface area contributed by atoms with Gasteiger partial charge in [0.2, 0.25) is 6.10 Å². The van der Waals surface area contributed by atoms with Gasteiger partial charge in [-0.05, 0) is 6.42 Å². The van der Waals surface area contributed by atoms with Crippen molar-refractivity contribution in [2.75, 3.05) is 0 Å². The number of fused-ring (bicyclic) bond motifs is 1. The summed E-state index contributed by atoms with van der Waals surface area (Å²) in [6.45, 7) is 2.39. The largest absolute Gasteiger partial charge is 0.382 e. The molecule has 0 bridgehead atoms. The number of rotatable bonds is 4. The molecule has 7 nitrogen and oxygen atoms in total. The Bertz CT molecular complexity index is 664. The molecule has 104 valence electrons. The average molecular weight is 273 g/mol. The number of nitrogens with one attached hydrogen (secondary N) is 1. The first-order valence-corrected chi connectivity index (χ1v) is 6.53. The third-order valence-electron chi connectivity index (χ3n) is 3.27. The fourth-order valence-corrected chi connectivity index (χ4v) is 2.09. The number of amides is 1. The van der Waals surface area contributed by atoms with E-state index in [0.29, 0.717) is 13.0 Å². The van der Waals surface area contributed by atoms with E-state index in [2.05, 4.69) is 20.4 Å². The van der Waals surface area contributed by atoms with Crippen LogP contribution in [0.4, 0.5) is 0 Å². The van der Waals surface area contributed by atoms with E-state index < -0.39 is 6.10 Å². The van der Waals surface area contributed by atoms with Gasteiger partial charge in [-0.3, -0.25) is 14.2 Å². The number of carbonyl (C=O) groups excluding carboxylic acids is 1. The Hall–Kier alpha value is -2.44. The maximum Gasteiger partial charge on any atom is 0.264 e. The number of carbonyl (C=O) groups is 1. The fraction of sp³-hybridized carbons (Fsp3) is 0.385. The van der Waals surface area contributed by atoms with Crippen LogP contribution >= 0.6 is 0 Å². The Morgan fingerprint density at radius 1 is 1.55 bits per heavy atom. The highest BCUT2D eigenvalue weighted by atomic mass is 16.6. The summed E-state index contributed by atoms with van der Waals surface area (Å²) in [5.41, 5.74) is 2.57. The topological polar surface area (TPSA) is 80.9 Å². The lowest BCUT2D eigenvalue weighted by molar-refractivity contribution is -0.131. The highest BCUT2D eigenvalue weighted by Crippen LogP contribution is 2.13. The van der Waals surface area contributed by atoms with Crippen LogP contribution in [-0.4, -0.2) is 32.1 Å². The van der Waals surface area contributed by atoms with E-state index in [4.69, 9.17) is 4.84 Å². The van der Waals surface area contributed by atoms with E-state index in [-0.39, 0.29) is 5.91 Å². The summed E-state index contributed by atoms with van der Waals surface area (Å²) in [5.74, 6) is -0.152. The van der Waals surface area contributed by atoms with E-state index >= 15 is 0 Å². The molecule has 3 rings (SSSR count). The molecule has 0 spiro atoms. The van der Waals surface area contributed by atoms with Gasteiger partial charge in [-0.2, -0.15) is 0 Å². The third kappa shape index (κ3) is 2.34. The smallest absolute Gasteiger partial charge is 0.264 e. The monoisotopic (exact) mass is 273 g/mol. The highest BCUT2D eigenvalue weighted by molar-refractivity contribution is 5.92. The van der Waals surface area contributed by atoms with Gasteiger partial charge in [0, 0.05) is 18.8 Å². The van der Waals surface area contributed by atoms with E-state index in [0.717, 1.165) is 23.5 Å². The zero-order valence-electron chi connectivity index (χ0n) is 11.1. The van der Waals surface area contributed by atoms with Crippen LogP contribution in [0.2, 0.25) is 0 Å². The summed E-state index contributed by atoms with van der Waals surface area (Å²) in [4.78, 5) is 25.3. The molecule has 0 saturated heterocycles. The van der Waals surface area contributed by atoms with Crippen LogP contribution in [0.3, 0.4) is 0 Å². The van der Waals surface area contributed by atoms with Crippen molar-refractivity contribution in [1.82, 2.24) is 19.7 Å². The predicted octanol–water partition coefficient (Wildman–Crippen LogP) is 0.900. The second-order valence-electron chi connectivity index (χ2n) is 4.58. The Kier molecular flexibility index (Phi) is 3.32. The zero-order valence-corrected chi connectivity index (χ0v) is 11.1. The number of hydrogen-bond donors (Lipinski definition) is 1. The fourth-order valence-electron chi connectivity index (χ4n) is 2.09. The maximum atomic E-state index is 12.0. The maximum absolute atomic E-state index is 12.0. The van der Waals surface area contributed by atoms with Gasteiger partial charge in [-0.15, -0.1) is 0 Å². The van der Waals surface area contributed by atoms with Crippen molar-refractivity contribution in [3.8, 4) is 0 Å². The Balaban J connectivity index is 1.61. The average Bonchev–Trinajstić information content (AvgIpc) is 3.11. The minimum Gasteiger partial charge on any atom is -0.382 e. The number of imidazole rings is 1. The first-order valence-electron chi connectivity index (χ1n) is 6.53. The molecule has 7 heteroatoms. The predicted molar refractivity (Wildman–Crippen MR) is 72.0 cm³/mol. The van der Waals surface area contributed by atoms with Crippen LogP contribution in [0, 0.1) is 0 Å². The van der Waals surface area contributed by atoms with Gasteiger partial charge in [0.1, 0.15) is 0 Å². The first kappa shape index (κ1) is 12.6. The molecule has 1 amide bonds. The molecule has 0 fully saturated rings. The molecule has 3 heterocycles. The van der Waals surface area contributed by atoms with Crippen LogP contribution in [0.1, 0.15) is 25.5 Å². The molecular weight excluding hydrogens is 258 g/mol. The first-order chi connectivity index (χ1) is 9.78. The molecule has 1 atom stereocenters. The van der Waals surface area contributed by atoms with E-state index in [1.54, 1.807) is 18.6 Å². The molecule has 1 aliphatic rings. The molecular formula is C13H15N5O2. The number of nitrogens with zero attached hydrogens (tertiary/aromatic N) is 4. The van der Waals surface area contributed by atoms with Crippen molar-refractivity contribution in [2.24, 2.45) is 5.16 Å². The molecule has 20 heavy (non-hydrogen) atoms. The van der Waals surface area contributed by atoms with Gasteiger partial charge in [0.15, 0.2) is 5.65 Å². The van der Waals surface area contributed by atoms with Gasteiger partial charge in [-0.1, -0.05) is 12.1 Å².